The van der Waals surface area contributed by atoms with Crippen LogP contribution in [-0.4, -0.2) is 81.4 Å². The molecule has 0 radical (unpaired) electrons. The Morgan fingerprint density at radius 3 is 2.95 bits per heavy atom. The lowest BCUT2D eigenvalue weighted by Crippen LogP contribution is -2.54. The fourth-order valence-corrected chi connectivity index (χ4v) is 5.16. The number of hydrogen-bond donors (Lipinski definition) is 3. The van der Waals surface area contributed by atoms with E-state index in [0.29, 0.717) is 66.5 Å². The number of hydrogen-bond acceptors (Lipinski definition) is 9. The van der Waals surface area contributed by atoms with E-state index in [-0.39, 0.29) is 24.0 Å². The normalized spacial score (nSPS) is 19.5. The molecule has 0 bridgehead atoms. The van der Waals surface area contributed by atoms with Crippen LogP contribution in [0.5, 0.6) is 5.88 Å². The molecule has 1 fully saturated rings. The van der Waals surface area contributed by atoms with Crippen LogP contribution in [-0.2, 0) is 11.2 Å². The fourth-order valence-electron chi connectivity index (χ4n) is 4.40. The topological polar surface area (TPSA) is 130 Å². The Morgan fingerprint density at radius 2 is 2.16 bits per heavy atom. The fraction of sp³-hybridized carbons (Fsp3) is 0.375. The summed E-state index contributed by atoms with van der Waals surface area (Å²) in [5, 5.41) is 16.2. The number of nitrogens with one attached hydrogen (secondary N) is 2. The van der Waals surface area contributed by atoms with Crippen molar-refractivity contribution in [1.82, 2.24) is 25.2 Å². The highest BCUT2D eigenvalue weighted by Crippen LogP contribution is 2.29. The van der Waals surface area contributed by atoms with Crippen molar-refractivity contribution >= 4 is 52.8 Å². The number of aromatic nitrogens is 3. The van der Waals surface area contributed by atoms with E-state index in [1.54, 1.807) is 24.3 Å². The number of aliphatic hydroxyl groups is 1. The van der Waals surface area contributed by atoms with Gasteiger partial charge in [-0.05, 0) is 31.0 Å². The summed E-state index contributed by atoms with van der Waals surface area (Å²) >= 11 is 1.37. The van der Waals surface area contributed by atoms with Crippen molar-refractivity contribution in [3.8, 4) is 5.88 Å². The summed E-state index contributed by atoms with van der Waals surface area (Å²) in [5.41, 5.74) is 1.67. The van der Waals surface area contributed by atoms with Gasteiger partial charge in [-0.1, -0.05) is 0 Å². The van der Waals surface area contributed by atoms with E-state index in [9.17, 15) is 19.1 Å². The predicted octanol–water partition coefficient (Wildman–Crippen LogP) is 2.05. The zero-order valence-corrected chi connectivity index (χ0v) is 21.6. The molecule has 3 aromatic rings. The summed E-state index contributed by atoms with van der Waals surface area (Å²) in [7, 11) is 1.50. The van der Waals surface area contributed by atoms with Crippen molar-refractivity contribution in [1.29, 1.82) is 0 Å². The van der Waals surface area contributed by atoms with Crippen LogP contribution >= 0.6 is 24.2 Å². The largest absolute Gasteiger partial charge is 0.481 e. The zero-order chi connectivity index (χ0) is 25.2. The lowest BCUT2D eigenvalue weighted by Gasteiger charge is -2.36. The monoisotopic (exact) mass is 548 g/mol. The van der Waals surface area contributed by atoms with Gasteiger partial charge in [0.15, 0.2) is 0 Å². The summed E-state index contributed by atoms with van der Waals surface area (Å²) in [5.74, 6) is 0.0816. The Morgan fingerprint density at radius 1 is 1.32 bits per heavy atom. The first-order valence-corrected chi connectivity index (χ1v) is 12.5. The van der Waals surface area contributed by atoms with Gasteiger partial charge >= 0.3 is 0 Å². The lowest BCUT2D eigenvalue weighted by molar-refractivity contribution is -0.113. The second-order valence-corrected chi connectivity index (χ2v) is 9.69. The molecule has 10 nitrogen and oxygen atoms in total. The van der Waals surface area contributed by atoms with Gasteiger partial charge in [-0.15, -0.1) is 24.2 Å². The van der Waals surface area contributed by atoms with Gasteiger partial charge in [-0.2, -0.15) is 0 Å². The molecule has 0 saturated carbocycles. The molecule has 0 aromatic carbocycles. The number of fused-ring (bicyclic) bond motifs is 2. The number of methoxy groups -OCH3 is 1. The SMILES string of the molecule is COc1ccc2ncc(F)c(CCN3CCC(NC(=O)c4ccc5c(n4)NC(=O)CS5)C(O)C3)c2n1.Cl. The highest BCUT2D eigenvalue weighted by molar-refractivity contribution is 8.00. The number of piperidine rings is 1. The number of rotatable bonds is 6. The van der Waals surface area contributed by atoms with Crippen molar-refractivity contribution < 1.29 is 23.8 Å². The average molecular weight is 549 g/mol. The average Bonchev–Trinajstić information content (AvgIpc) is 2.88. The van der Waals surface area contributed by atoms with E-state index >= 15 is 0 Å². The van der Waals surface area contributed by atoms with E-state index in [2.05, 4.69) is 25.6 Å². The molecule has 0 aliphatic carbocycles. The number of halogens is 2. The lowest BCUT2D eigenvalue weighted by atomic mass is 10.0. The standard InChI is InChI=1S/C24H25FN6O4S.ClH/c1-35-21-5-3-16-22(30-21)13(14(25)10-26-16)6-8-31-9-7-15(18(32)11-31)28-24(34)17-2-4-19-23(27-17)29-20(33)12-36-19;/h2-5,10,15,18,32H,6-9,11-12H2,1H3,(H,28,34)(H,27,29,33);1H. The maximum atomic E-state index is 14.6. The molecule has 3 aromatic heterocycles. The van der Waals surface area contributed by atoms with Gasteiger partial charge < -0.3 is 25.4 Å². The van der Waals surface area contributed by atoms with Crippen molar-refractivity contribution in [3.05, 3.63) is 47.5 Å². The van der Waals surface area contributed by atoms with Gasteiger partial charge in [0.2, 0.25) is 11.8 Å². The predicted molar refractivity (Wildman–Crippen MR) is 139 cm³/mol. The van der Waals surface area contributed by atoms with E-state index in [1.165, 1.54) is 25.1 Å². The molecular weight excluding hydrogens is 523 g/mol. The minimum absolute atomic E-state index is 0. The van der Waals surface area contributed by atoms with Gasteiger partial charge in [0.25, 0.3) is 5.91 Å². The van der Waals surface area contributed by atoms with E-state index in [4.69, 9.17) is 4.74 Å². The van der Waals surface area contributed by atoms with E-state index in [0.717, 1.165) is 4.90 Å². The molecule has 2 unspecified atom stereocenters. The van der Waals surface area contributed by atoms with E-state index in [1.807, 2.05) is 4.90 Å². The number of pyridine rings is 3. The summed E-state index contributed by atoms with van der Waals surface area (Å²) in [6, 6.07) is 6.34. The first-order valence-electron chi connectivity index (χ1n) is 11.5. The van der Waals surface area contributed by atoms with Gasteiger partial charge in [-0.3, -0.25) is 14.6 Å². The van der Waals surface area contributed by atoms with Gasteiger partial charge in [-0.25, -0.2) is 14.4 Å². The first kappa shape index (κ1) is 27.0. The van der Waals surface area contributed by atoms with Crippen LogP contribution in [0.3, 0.4) is 0 Å². The molecule has 2 atom stereocenters. The number of β-amino-alcohol motifs (C(OH)–C–C–N with tert-alkyl or cyclic N) is 1. The van der Waals surface area contributed by atoms with Crippen LogP contribution in [0.1, 0.15) is 22.5 Å². The molecule has 2 aliphatic rings. The molecular formula is C24H26ClFN6O4S. The maximum absolute atomic E-state index is 14.6. The number of anilines is 1. The summed E-state index contributed by atoms with van der Waals surface area (Å²) in [4.78, 5) is 39.9. The summed E-state index contributed by atoms with van der Waals surface area (Å²) < 4.78 is 19.8. The van der Waals surface area contributed by atoms with Crippen molar-refractivity contribution in [3.63, 3.8) is 0 Å². The third-order valence-corrected chi connectivity index (χ3v) is 7.36. The Labute approximate surface area is 222 Å². The Kier molecular flexibility index (Phi) is 8.42. The zero-order valence-electron chi connectivity index (χ0n) is 19.9. The number of likely N-dealkylation sites (tertiary alicyclic amines) is 1. The number of ether oxygens (including phenoxy) is 1. The molecule has 0 spiro atoms. The number of amides is 2. The number of carbonyl (C=O) groups excluding carboxylic acids is 2. The van der Waals surface area contributed by atoms with Crippen LogP contribution in [0, 0.1) is 5.82 Å². The smallest absolute Gasteiger partial charge is 0.270 e. The molecule has 13 heteroatoms. The van der Waals surface area contributed by atoms with Crippen molar-refractivity contribution in [2.75, 3.05) is 37.8 Å². The minimum atomic E-state index is -0.798. The maximum Gasteiger partial charge on any atom is 0.270 e. The van der Waals surface area contributed by atoms with Crippen LogP contribution in [0.25, 0.3) is 11.0 Å². The van der Waals surface area contributed by atoms with Crippen LogP contribution in [0.15, 0.2) is 35.4 Å². The number of nitrogens with zero attached hydrogens (tertiary/aromatic N) is 4. The van der Waals surface area contributed by atoms with Crippen molar-refractivity contribution in [2.24, 2.45) is 0 Å². The molecule has 3 N–H and O–H groups in total. The van der Waals surface area contributed by atoms with Gasteiger partial charge in [0.1, 0.15) is 17.3 Å². The van der Waals surface area contributed by atoms with Crippen LogP contribution in [0.4, 0.5) is 10.2 Å². The van der Waals surface area contributed by atoms with Gasteiger partial charge in [0, 0.05) is 31.3 Å². The first-order chi connectivity index (χ1) is 17.4. The second-order valence-electron chi connectivity index (χ2n) is 8.67. The number of thioether (sulfide) groups is 1. The quantitative estimate of drug-likeness (QED) is 0.423. The van der Waals surface area contributed by atoms with Crippen LogP contribution < -0.4 is 15.4 Å². The molecule has 5 rings (SSSR count). The third-order valence-electron chi connectivity index (χ3n) is 6.32. The highest BCUT2D eigenvalue weighted by atomic mass is 35.5. The number of aliphatic hydroxyl groups excluding tert-OH is 1. The molecule has 1 saturated heterocycles. The Balaban J connectivity index is 0.00000320. The number of carbonyl (C=O) groups is 2. The second kappa shape index (κ2) is 11.5. The summed E-state index contributed by atoms with van der Waals surface area (Å²) in [6.45, 7) is 1.46. The highest BCUT2D eigenvalue weighted by Gasteiger charge is 2.30. The molecule has 196 valence electrons. The summed E-state index contributed by atoms with van der Waals surface area (Å²) in [6.07, 6.45) is 1.31. The van der Waals surface area contributed by atoms with Crippen LogP contribution in [0.2, 0.25) is 0 Å². The molecule has 2 aliphatic heterocycles. The van der Waals surface area contributed by atoms with E-state index < -0.39 is 23.9 Å². The Bertz CT molecular complexity index is 1330. The minimum Gasteiger partial charge on any atom is -0.481 e. The molecule has 2 amide bonds. The van der Waals surface area contributed by atoms with Crippen molar-refractivity contribution in [2.45, 2.75) is 29.9 Å². The molecule has 37 heavy (non-hydrogen) atoms. The van der Waals surface area contributed by atoms with Gasteiger partial charge in [0.05, 0.1) is 47.1 Å². The molecule has 5 heterocycles. The third kappa shape index (κ3) is 5.93. The Hall–Kier alpha value is -3.06.